The number of halogens is 1. The summed E-state index contributed by atoms with van der Waals surface area (Å²) in [5.41, 5.74) is 1.84. The van der Waals surface area contributed by atoms with Gasteiger partial charge in [-0.1, -0.05) is 0 Å². The van der Waals surface area contributed by atoms with Crippen LogP contribution in [0.2, 0.25) is 0 Å². The van der Waals surface area contributed by atoms with Crippen LogP contribution in [0.4, 0.5) is 10.1 Å². The Morgan fingerprint density at radius 2 is 2.00 bits per heavy atom. The van der Waals surface area contributed by atoms with Gasteiger partial charge >= 0.3 is 0 Å². The Kier molecular flexibility index (Phi) is 3.46. The Balaban J connectivity index is 1.49. The molecule has 1 aliphatic heterocycles. The largest absolute Gasteiger partial charge is 0.348 e. The first-order valence-corrected chi connectivity index (χ1v) is 10.4. The zero-order chi connectivity index (χ0) is 21.7. The topological polar surface area (TPSA) is 87.2 Å². The molecular weight excluding hydrogens is 399 g/mol. The average Bonchev–Trinajstić information content (AvgIpc) is 3.64. The van der Waals surface area contributed by atoms with Crippen molar-refractivity contribution in [1.82, 2.24) is 14.9 Å². The SMILES string of the molecule is CN1C(=O)[C@]2(C[C@@H]2c2cn(C)c(=O)c3[nH]c(C(=O)NC4CC4)cc23)c2cc(F)ccc21. The van der Waals surface area contributed by atoms with Gasteiger partial charge in [-0.2, -0.15) is 0 Å². The molecule has 2 aliphatic carbocycles. The Labute approximate surface area is 176 Å². The molecule has 3 aromatic rings. The number of hydrogen-bond acceptors (Lipinski definition) is 3. The smallest absolute Gasteiger partial charge is 0.274 e. The van der Waals surface area contributed by atoms with Gasteiger partial charge in [0.05, 0.1) is 5.41 Å². The molecule has 158 valence electrons. The maximum Gasteiger partial charge on any atom is 0.274 e. The van der Waals surface area contributed by atoms with E-state index in [-0.39, 0.29) is 35.2 Å². The number of benzene rings is 1. The van der Waals surface area contributed by atoms with Crippen LogP contribution in [0.15, 0.2) is 35.3 Å². The third-order valence-corrected chi connectivity index (χ3v) is 6.98. The summed E-state index contributed by atoms with van der Waals surface area (Å²) in [5, 5.41) is 3.57. The summed E-state index contributed by atoms with van der Waals surface area (Å²) in [6, 6.07) is 6.35. The van der Waals surface area contributed by atoms with Crippen LogP contribution < -0.4 is 15.8 Å². The normalized spacial score (nSPS) is 24.2. The summed E-state index contributed by atoms with van der Waals surface area (Å²) in [6.07, 6.45) is 4.21. The number of aromatic amines is 1. The molecule has 3 aliphatic rings. The fourth-order valence-electron chi connectivity index (χ4n) is 5.11. The summed E-state index contributed by atoms with van der Waals surface area (Å²) in [6.45, 7) is 0. The number of aryl methyl sites for hydroxylation is 1. The van der Waals surface area contributed by atoms with Crippen LogP contribution in [0.25, 0.3) is 10.9 Å². The number of likely N-dealkylation sites (N-methyl/N-ethyl adjacent to an activating group) is 1. The molecule has 0 radical (unpaired) electrons. The van der Waals surface area contributed by atoms with Crippen molar-refractivity contribution in [1.29, 1.82) is 0 Å². The Hall–Kier alpha value is -3.42. The van der Waals surface area contributed by atoms with Gasteiger partial charge in [-0.05, 0) is 54.7 Å². The molecule has 6 rings (SSSR count). The van der Waals surface area contributed by atoms with Crippen molar-refractivity contribution in [3.8, 4) is 0 Å². The van der Waals surface area contributed by atoms with E-state index in [1.54, 1.807) is 37.3 Å². The molecule has 0 bridgehead atoms. The highest BCUT2D eigenvalue weighted by atomic mass is 19.1. The standard InChI is InChI=1S/C23H21FN4O3/c1-27-10-14(13-8-17(26-19(13)21(27)30)20(29)25-12-4-5-12)16-9-23(16)15-7-11(24)3-6-18(15)28(2)22(23)31/h3,6-8,10,12,16,26H,4-5,9H2,1-2H3,(H,25,29)/t16-,23-/m1/s1. The molecule has 31 heavy (non-hydrogen) atoms. The summed E-state index contributed by atoms with van der Waals surface area (Å²) >= 11 is 0. The number of aromatic nitrogens is 2. The lowest BCUT2D eigenvalue weighted by Crippen LogP contribution is -2.29. The van der Waals surface area contributed by atoms with E-state index in [0.29, 0.717) is 34.3 Å². The van der Waals surface area contributed by atoms with Gasteiger partial charge in [-0.15, -0.1) is 0 Å². The van der Waals surface area contributed by atoms with Gasteiger partial charge in [0.25, 0.3) is 11.5 Å². The molecule has 2 saturated carbocycles. The second-order valence-electron chi connectivity index (χ2n) is 8.97. The molecule has 2 fully saturated rings. The number of nitrogens with zero attached hydrogens (tertiary/aromatic N) is 2. The molecule has 2 aromatic heterocycles. The highest BCUT2D eigenvalue weighted by molar-refractivity contribution is 6.11. The fraction of sp³-hybridized carbons (Fsp3) is 0.348. The predicted octanol–water partition coefficient (Wildman–Crippen LogP) is 2.30. The van der Waals surface area contributed by atoms with Crippen LogP contribution in [0, 0.1) is 5.82 Å². The van der Waals surface area contributed by atoms with E-state index in [2.05, 4.69) is 10.3 Å². The third kappa shape index (κ3) is 2.41. The molecule has 2 atom stereocenters. The minimum Gasteiger partial charge on any atom is -0.348 e. The van der Waals surface area contributed by atoms with E-state index < -0.39 is 5.41 Å². The number of rotatable bonds is 3. The van der Waals surface area contributed by atoms with Crippen molar-refractivity contribution in [2.45, 2.75) is 36.6 Å². The maximum absolute atomic E-state index is 14.1. The molecule has 1 spiro atoms. The molecule has 8 heteroatoms. The van der Waals surface area contributed by atoms with Crippen LogP contribution in [0.1, 0.15) is 46.8 Å². The summed E-state index contributed by atoms with van der Waals surface area (Å²) in [7, 11) is 3.36. The minimum absolute atomic E-state index is 0.0673. The Morgan fingerprint density at radius 1 is 1.23 bits per heavy atom. The van der Waals surface area contributed by atoms with Gasteiger partial charge < -0.3 is 19.8 Å². The van der Waals surface area contributed by atoms with Gasteiger partial charge in [0, 0.05) is 43.3 Å². The first-order chi connectivity index (χ1) is 14.8. The summed E-state index contributed by atoms with van der Waals surface area (Å²) in [4.78, 5) is 43.1. The van der Waals surface area contributed by atoms with E-state index in [4.69, 9.17) is 0 Å². The first kappa shape index (κ1) is 18.4. The number of anilines is 1. The van der Waals surface area contributed by atoms with Crippen molar-refractivity contribution < 1.29 is 14.0 Å². The van der Waals surface area contributed by atoms with Crippen molar-refractivity contribution in [2.75, 3.05) is 11.9 Å². The van der Waals surface area contributed by atoms with E-state index in [1.165, 1.54) is 16.7 Å². The van der Waals surface area contributed by atoms with Gasteiger partial charge in [0.2, 0.25) is 5.91 Å². The highest BCUT2D eigenvalue weighted by Crippen LogP contribution is 2.66. The molecule has 0 saturated heterocycles. The zero-order valence-electron chi connectivity index (χ0n) is 17.2. The van der Waals surface area contributed by atoms with E-state index >= 15 is 0 Å². The number of carbonyl (C=O) groups excluding carboxylic acids is 2. The summed E-state index contributed by atoms with van der Waals surface area (Å²) < 4.78 is 15.5. The quantitative estimate of drug-likeness (QED) is 0.682. The van der Waals surface area contributed by atoms with Gasteiger partial charge in [-0.3, -0.25) is 14.4 Å². The number of pyridine rings is 1. The van der Waals surface area contributed by atoms with Gasteiger partial charge in [0.15, 0.2) is 0 Å². The molecule has 3 heterocycles. The van der Waals surface area contributed by atoms with Gasteiger partial charge in [0.1, 0.15) is 17.0 Å². The zero-order valence-corrected chi connectivity index (χ0v) is 17.2. The maximum atomic E-state index is 14.1. The van der Waals surface area contributed by atoms with Crippen LogP contribution in [-0.4, -0.2) is 34.5 Å². The number of carbonyl (C=O) groups is 2. The Bertz CT molecular complexity index is 1370. The number of hydrogen-bond donors (Lipinski definition) is 2. The lowest BCUT2D eigenvalue weighted by molar-refractivity contribution is -0.120. The van der Waals surface area contributed by atoms with Crippen molar-refractivity contribution >= 4 is 28.4 Å². The molecular formula is C23H21FN4O3. The monoisotopic (exact) mass is 420 g/mol. The molecule has 2 amide bonds. The molecule has 7 nitrogen and oxygen atoms in total. The molecule has 2 N–H and O–H groups in total. The van der Waals surface area contributed by atoms with Crippen LogP contribution >= 0.6 is 0 Å². The number of nitrogens with one attached hydrogen (secondary N) is 2. The van der Waals surface area contributed by atoms with Gasteiger partial charge in [-0.25, -0.2) is 4.39 Å². The number of fused-ring (bicyclic) bond motifs is 3. The van der Waals surface area contributed by atoms with E-state index in [1.807, 2.05) is 0 Å². The van der Waals surface area contributed by atoms with Crippen molar-refractivity contribution in [2.24, 2.45) is 7.05 Å². The highest BCUT2D eigenvalue weighted by Gasteiger charge is 2.67. The fourth-order valence-corrected chi connectivity index (χ4v) is 5.11. The average molecular weight is 420 g/mol. The summed E-state index contributed by atoms with van der Waals surface area (Å²) in [5.74, 6) is -0.878. The van der Waals surface area contributed by atoms with Crippen LogP contribution in [0.5, 0.6) is 0 Å². The van der Waals surface area contributed by atoms with Crippen molar-refractivity contribution in [3.05, 3.63) is 63.5 Å². The molecule has 0 unspecified atom stereocenters. The minimum atomic E-state index is -0.829. The second-order valence-corrected chi connectivity index (χ2v) is 8.97. The van der Waals surface area contributed by atoms with Crippen molar-refractivity contribution in [3.63, 3.8) is 0 Å². The lowest BCUT2D eigenvalue weighted by Gasteiger charge is -2.12. The van der Waals surface area contributed by atoms with E-state index in [9.17, 15) is 18.8 Å². The predicted molar refractivity (Wildman–Crippen MR) is 113 cm³/mol. The van der Waals surface area contributed by atoms with Crippen LogP contribution in [0.3, 0.4) is 0 Å². The van der Waals surface area contributed by atoms with Crippen LogP contribution in [-0.2, 0) is 17.3 Å². The first-order valence-electron chi connectivity index (χ1n) is 10.4. The second kappa shape index (κ2) is 5.84. The lowest BCUT2D eigenvalue weighted by atomic mass is 9.91. The third-order valence-electron chi connectivity index (χ3n) is 6.98. The Morgan fingerprint density at radius 3 is 2.74 bits per heavy atom. The number of H-pyrrole nitrogens is 1. The van der Waals surface area contributed by atoms with E-state index in [0.717, 1.165) is 18.4 Å². The molecule has 1 aromatic carbocycles. The number of amides is 2.